The first kappa shape index (κ1) is 28.7. The molecule has 1 N–H and O–H groups in total. The highest BCUT2D eigenvalue weighted by Crippen LogP contribution is 2.50. The van der Waals surface area contributed by atoms with Crippen LogP contribution in [0.4, 0.5) is 0 Å². The number of Topliss-reactive ketones (excluding diaryl/α,β-unsaturated/α-hetero) is 1. The Kier molecular flexibility index (Phi) is 8.82. The Balaban J connectivity index is 1.96. The molecule has 40 heavy (non-hydrogen) atoms. The van der Waals surface area contributed by atoms with Gasteiger partial charge in [0.1, 0.15) is 23.2 Å². The van der Waals surface area contributed by atoms with Crippen molar-refractivity contribution in [3.63, 3.8) is 0 Å². The highest BCUT2D eigenvalue weighted by molar-refractivity contribution is 6.13. The maximum atomic E-state index is 14.5. The van der Waals surface area contributed by atoms with E-state index in [1.165, 1.54) is 14.2 Å². The van der Waals surface area contributed by atoms with Crippen molar-refractivity contribution in [3.05, 3.63) is 76.1 Å². The zero-order chi connectivity index (χ0) is 29.0. The largest absolute Gasteiger partial charge is 0.497 e. The lowest BCUT2D eigenvalue weighted by molar-refractivity contribution is -0.152. The molecule has 1 aliphatic heterocycles. The number of benzene rings is 2. The lowest BCUT2D eigenvalue weighted by atomic mass is 9.67. The van der Waals surface area contributed by atoms with Crippen molar-refractivity contribution in [2.45, 2.75) is 39.0 Å². The fraction of sp³-hybridized carbons (Fsp3) is 0.387. The summed E-state index contributed by atoms with van der Waals surface area (Å²) in [6.07, 6.45) is 0.327. The molecule has 9 nitrogen and oxygen atoms in total. The van der Waals surface area contributed by atoms with Gasteiger partial charge < -0.3 is 29.0 Å². The molecule has 0 amide bonds. The first-order valence-electron chi connectivity index (χ1n) is 13.2. The molecular formula is C31H35NO8. The van der Waals surface area contributed by atoms with Crippen LogP contribution in [0, 0.1) is 5.92 Å². The fourth-order valence-electron chi connectivity index (χ4n) is 5.58. The Hall–Kier alpha value is -4.27. The molecule has 0 saturated carbocycles. The quantitative estimate of drug-likeness (QED) is 0.359. The van der Waals surface area contributed by atoms with Crippen LogP contribution in [-0.2, 0) is 23.9 Å². The van der Waals surface area contributed by atoms with E-state index in [0.29, 0.717) is 46.2 Å². The second-order valence-electron chi connectivity index (χ2n) is 9.50. The molecule has 212 valence electrons. The molecule has 9 heteroatoms. The van der Waals surface area contributed by atoms with Crippen molar-refractivity contribution in [2.75, 3.05) is 34.5 Å². The van der Waals surface area contributed by atoms with E-state index in [4.69, 9.17) is 23.7 Å². The average Bonchev–Trinajstić information content (AvgIpc) is 2.96. The minimum Gasteiger partial charge on any atom is -0.497 e. The molecule has 0 radical (unpaired) electrons. The molecule has 0 aromatic heterocycles. The minimum atomic E-state index is -1.13. The number of methoxy groups -OCH3 is 3. The van der Waals surface area contributed by atoms with Crippen molar-refractivity contribution in [1.29, 1.82) is 0 Å². The van der Waals surface area contributed by atoms with Crippen LogP contribution in [0.15, 0.2) is 65.0 Å². The summed E-state index contributed by atoms with van der Waals surface area (Å²) in [5.41, 5.74) is 3.07. The maximum absolute atomic E-state index is 14.5. The average molecular weight is 550 g/mol. The number of hydrogen-bond acceptors (Lipinski definition) is 9. The molecule has 0 bridgehead atoms. The van der Waals surface area contributed by atoms with Crippen LogP contribution in [0.2, 0.25) is 0 Å². The van der Waals surface area contributed by atoms with Crippen molar-refractivity contribution in [1.82, 2.24) is 5.32 Å². The summed E-state index contributed by atoms with van der Waals surface area (Å²) < 4.78 is 27.4. The van der Waals surface area contributed by atoms with Crippen molar-refractivity contribution >= 4 is 17.7 Å². The van der Waals surface area contributed by atoms with E-state index in [1.807, 2.05) is 18.2 Å². The van der Waals surface area contributed by atoms with Crippen LogP contribution >= 0.6 is 0 Å². The summed E-state index contributed by atoms with van der Waals surface area (Å²) in [5, 5.41) is 3.31. The van der Waals surface area contributed by atoms with Gasteiger partial charge in [-0.1, -0.05) is 12.1 Å². The molecule has 1 heterocycles. The molecule has 0 saturated heterocycles. The zero-order valence-corrected chi connectivity index (χ0v) is 23.7. The number of carbonyl (C=O) groups excluding carboxylic acids is 3. The summed E-state index contributed by atoms with van der Waals surface area (Å²) in [6, 6.07) is 12.5. The standard InChI is InChI=1S/C31H35NO8/c1-7-39-30(34)25-17(3)32-23-16-21(18-10-9-11-19(14-18)36-4)27(31(35)40-8-2)29(33)28(23)26(25)22-15-20(37-5)12-13-24(22)38-6/h9-15,21,26-27,32H,7-8,16H2,1-6H3/t21-,26-,27+/m0/s1. The Labute approximate surface area is 234 Å². The van der Waals surface area contributed by atoms with Gasteiger partial charge in [0.15, 0.2) is 5.78 Å². The lowest BCUT2D eigenvalue weighted by Gasteiger charge is -2.39. The molecule has 4 rings (SSSR count). The van der Waals surface area contributed by atoms with Crippen LogP contribution in [0.5, 0.6) is 17.2 Å². The predicted molar refractivity (Wildman–Crippen MR) is 147 cm³/mol. The summed E-state index contributed by atoms with van der Waals surface area (Å²) in [7, 11) is 4.62. The van der Waals surface area contributed by atoms with Gasteiger partial charge in [-0.05, 0) is 63.1 Å². The van der Waals surface area contributed by atoms with Crippen molar-refractivity contribution in [2.24, 2.45) is 5.92 Å². The van der Waals surface area contributed by atoms with Crippen LogP contribution in [0.1, 0.15) is 50.2 Å². The van der Waals surface area contributed by atoms with E-state index in [-0.39, 0.29) is 18.8 Å². The summed E-state index contributed by atoms with van der Waals surface area (Å²) in [5.74, 6) is -2.52. The Morgan fingerprint density at radius 1 is 0.925 bits per heavy atom. The van der Waals surface area contributed by atoms with E-state index < -0.39 is 35.5 Å². The van der Waals surface area contributed by atoms with Gasteiger partial charge in [0, 0.05) is 28.4 Å². The number of ketones is 1. The van der Waals surface area contributed by atoms with Crippen LogP contribution in [0.25, 0.3) is 0 Å². The molecule has 0 fully saturated rings. The van der Waals surface area contributed by atoms with Gasteiger partial charge in [-0.3, -0.25) is 9.59 Å². The summed E-state index contributed by atoms with van der Waals surface area (Å²) in [6.45, 7) is 5.47. The lowest BCUT2D eigenvalue weighted by Crippen LogP contribution is -2.43. The van der Waals surface area contributed by atoms with E-state index in [2.05, 4.69) is 5.32 Å². The Bertz CT molecular complexity index is 1380. The van der Waals surface area contributed by atoms with E-state index in [9.17, 15) is 14.4 Å². The molecule has 2 aromatic carbocycles. The van der Waals surface area contributed by atoms with Crippen LogP contribution in [-0.4, -0.2) is 52.3 Å². The number of rotatable bonds is 9. The number of dihydropyridines is 1. The topological polar surface area (TPSA) is 109 Å². The Morgan fingerprint density at radius 2 is 1.62 bits per heavy atom. The molecule has 2 aromatic rings. The summed E-state index contributed by atoms with van der Waals surface area (Å²) in [4.78, 5) is 41.3. The van der Waals surface area contributed by atoms with Gasteiger partial charge in [-0.15, -0.1) is 0 Å². The van der Waals surface area contributed by atoms with Gasteiger partial charge in [0.2, 0.25) is 0 Å². The van der Waals surface area contributed by atoms with Crippen molar-refractivity contribution in [3.8, 4) is 17.2 Å². The molecule has 3 atom stereocenters. The first-order chi connectivity index (χ1) is 19.3. The number of carbonyl (C=O) groups is 3. The molecule has 0 unspecified atom stereocenters. The number of ether oxygens (including phenoxy) is 5. The van der Waals surface area contributed by atoms with E-state index in [0.717, 1.165) is 5.56 Å². The van der Waals surface area contributed by atoms with Gasteiger partial charge in [0.05, 0.1) is 46.0 Å². The zero-order valence-electron chi connectivity index (χ0n) is 23.7. The molecule has 0 spiro atoms. The van der Waals surface area contributed by atoms with Crippen molar-refractivity contribution < 1.29 is 38.1 Å². The molecule has 2 aliphatic rings. The third kappa shape index (κ3) is 5.28. The molecule has 1 aliphatic carbocycles. The second-order valence-corrected chi connectivity index (χ2v) is 9.50. The third-order valence-electron chi connectivity index (χ3n) is 7.32. The SMILES string of the molecule is CCOC(=O)C1=C(C)NC2=C(C(=O)[C@H](C(=O)OCC)[C@H](c3cccc(OC)c3)C2)[C@H]1c1cc(OC)ccc1OC. The monoisotopic (exact) mass is 549 g/mol. The fourth-order valence-corrected chi connectivity index (χ4v) is 5.58. The highest BCUT2D eigenvalue weighted by Gasteiger charge is 2.49. The normalized spacial score (nSPS) is 20.4. The first-order valence-corrected chi connectivity index (χ1v) is 13.2. The number of esters is 2. The number of allylic oxidation sites excluding steroid dienone is 3. The van der Waals surface area contributed by atoms with Gasteiger partial charge in [0.25, 0.3) is 0 Å². The van der Waals surface area contributed by atoms with Crippen LogP contribution < -0.4 is 19.5 Å². The van der Waals surface area contributed by atoms with Gasteiger partial charge in [-0.25, -0.2) is 4.79 Å². The molecular weight excluding hydrogens is 514 g/mol. The van der Waals surface area contributed by atoms with E-state index in [1.54, 1.807) is 52.1 Å². The smallest absolute Gasteiger partial charge is 0.336 e. The van der Waals surface area contributed by atoms with Gasteiger partial charge in [-0.2, -0.15) is 0 Å². The number of hydrogen-bond donors (Lipinski definition) is 1. The maximum Gasteiger partial charge on any atom is 0.336 e. The van der Waals surface area contributed by atoms with Crippen LogP contribution in [0.3, 0.4) is 0 Å². The minimum absolute atomic E-state index is 0.123. The second kappa shape index (κ2) is 12.3. The third-order valence-corrected chi connectivity index (χ3v) is 7.32. The van der Waals surface area contributed by atoms with Gasteiger partial charge >= 0.3 is 11.9 Å². The predicted octanol–water partition coefficient (Wildman–Crippen LogP) is 4.43. The van der Waals surface area contributed by atoms with E-state index >= 15 is 0 Å². The summed E-state index contributed by atoms with van der Waals surface area (Å²) >= 11 is 0. The Morgan fingerprint density at radius 3 is 2.27 bits per heavy atom. The highest BCUT2D eigenvalue weighted by atomic mass is 16.5. The number of nitrogens with one attached hydrogen (secondary N) is 1.